The van der Waals surface area contributed by atoms with Crippen LogP contribution in [0.25, 0.3) is 0 Å². The molecule has 1 aromatic heterocycles. The zero-order chi connectivity index (χ0) is 25.6. The topological polar surface area (TPSA) is 108 Å². The number of urea groups is 1. The number of rotatable bonds is 6. The van der Waals surface area contributed by atoms with Crippen LogP contribution in [0.15, 0.2) is 30.3 Å². The first-order chi connectivity index (χ1) is 16.7. The Balaban J connectivity index is 1.78. The van der Waals surface area contributed by atoms with Crippen molar-refractivity contribution in [2.45, 2.75) is 20.0 Å². The van der Waals surface area contributed by atoms with Gasteiger partial charge in [0, 0.05) is 26.2 Å². The summed E-state index contributed by atoms with van der Waals surface area (Å²) in [5.41, 5.74) is -1.92. The molecule has 35 heavy (non-hydrogen) atoms. The number of nitriles is 1. The zero-order valence-corrected chi connectivity index (χ0v) is 19.2. The van der Waals surface area contributed by atoms with Crippen LogP contribution in [0.4, 0.5) is 29.5 Å². The number of nitrogens with one attached hydrogen (secondary N) is 1. The lowest BCUT2D eigenvalue weighted by atomic mass is 10.1. The van der Waals surface area contributed by atoms with Gasteiger partial charge >= 0.3 is 18.2 Å². The van der Waals surface area contributed by atoms with Crippen molar-refractivity contribution in [3.05, 3.63) is 47.2 Å². The average Bonchev–Trinajstić information content (AvgIpc) is 2.84. The van der Waals surface area contributed by atoms with E-state index in [1.54, 1.807) is 24.3 Å². The van der Waals surface area contributed by atoms with Gasteiger partial charge in [0.05, 0.1) is 30.0 Å². The van der Waals surface area contributed by atoms with Gasteiger partial charge in [-0.15, -0.1) is 0 Å². The quantitative estimate of drug-likeness (QED) is 0.611. The van der Waals surface area contributed by atoms with E-state index in [1.807, 2.05) is 13.0 Å². The van der Waals surface area contributed by atoms with E-state index in [0.717, 1.165) is 6.07 Å². The van der Waals surface area contributed by atoms with Gasteiger partial charge in [-0.1, -0.05) is 12.1 Å². The minimum absolute atomic E-state index is 0.126. The maximum atomic E-state index is 13.7. The molecule has 0 bridgehead atoms. The minimum Gasteiger partial charge on any atom is -0.492 e. The Morgan fingerprint density at radius 3 is 2.43 bits per heavy atom. The first-order valence-electron chi connectivity index (χ1n) is 10.9. The summed E-state index contributed by atoms with van der Waals surface area (Å²) in [6.07, 6.45) is -4.93. The number of alkyl halides is 3. The number of aromatic nitrogens is 1. The molecule has 0 unspecified atom stereocenters. The van der Waals surface area contributed by atoms with Crippen LogP contribution in [0.2, 0.25) is 0 Å². The molecule has 1 aliphatic rings. The molecule has 0 saturated carbocycles. The van der Waals surface area contributed by atoms with Crippen molar-refractivity contribution in [3.63, 3.8) is 0 Å². The summed E-state index contributed by atoms with van der Waals surface area (Å²) < 4.78 is 51.2. The van der Waals surface area contributed by atoms with E-state index in [4.69, 9.17) is 9.47 Å². The highest BCUT2D eigenvalue weighted by Gasteiger charge is 2.40. The third-order valence-electron chi connectivity index (χ3n) is 5.18. The molecule has 12 heteroatoms. The minimum atomic E-state index is -4.93. The van der Waals surface area contributed by atoms with Gasteiger partial charge in [-0.25, -0.2) is 14.6 Å². The number of hydrogen-bond acceptors (Lipinski definition) is 7. The lowest BCUT2D eigenvalue weighted by Crippen LogP contribution is -2.50. The maximum Gasteiger partial charge on any atom is 0.434 e. The summed E-state index contributed by atoms with van der Waals surface area (Å²) in [6.45, 7) is 4.21. The summed E-state index contributed by atoms with van der Waals surface area (Å²) in [5.74, 6) is -0.884. The average molecular weight is 491 g/mol. The number of ether oxygens (including phenoxy) is 2. The number of carbonyl (C=O) groups excluding carboxylic acids is 2. The number of esters is 1. The Bertz CT molecular complexity index is 1130. The number of anilines is 2. The lowest BCUT2D eigenvalue weighted by molar-refractivity contribution is -0.141. The largest absolute Gasteiger partial charge is 0.492 e. The SMILES string of the molecule is CCOC(=O)c1cc(C#N)c(N2CCN(C(=O)Nc3ccccc3OCC)CC2)nc1C(F)(F)F. The predicted molar refractivity (Wildman–Crippen MR) is 120 cm³/mol. The van der Waals surface area contributed by atoms with E-state index in [0.29, 0.717) is 18.0 Å². The number of para-hydroxylation sites is 2. The second-order valence-electron chi connectivity index (χ2n) is 7.42. The zero-order valence-electron chi connectivity index (χ0n) is 19.2. The number of nitrogens with zero attached hydrogens (tertiary/aromatic N) is 4. The highest BCUT2D eigenvalue weighted by Crippen LogP contribution is 2.34. The number of benzene rings is 1. The normalized spacial score (nSPS) is 13.7. The smallest absolute Gasteiger partial charge is 0.434 e. The molecular formula is C23H24F3N5O4. The van der Waals surface area contributed by atoms with Gasteiger partial charge in [-0.2, -0.15) is 18.4 Å². The number of halogens is 3. The lowest BCUT2D eigenvalue weighted by Gasteiger charge is -2.36. The molecule has 0 spiro atoms. The van der Waals surface area contributed by atoms with Crippen molar-refractivity contribution in [3.8, 4) is 11.8 Å². The number of hydrogen-bond donors (Lipinski definition) is 1. The molecule has 1 N–H and O–H groups in total. The molecule has 0 radical (unpaired) electrons. The van der Waals surface area contributed by atoms with Crippen LogP contribution in [0.3, 0.4) is 0 Å². The van der Waals surface area contributed by atoms with E-state index < -0.39 is 23.4 Å². The predicted octanol–water partition coefficient (Wildman–Crippen LogP) is 3.90. The summed E-state index contributed by atoms with van der Waals surface area (Å²) in [6, 6.07) is 9.23. The van der Waals surface area contributed by atoms with E-state index in [1.165, 1.54) is 16.7 Å². The van der Waals surface area contributed by atoms with E-state index in [-0.39, 0.29) is 50.2 Å². The monoisotopic (exact) mass is 491 g/mol. The van der Waals surface area contributed by atoms with Crippen LogP contribution in [-0.4, -0.2) is 61.3 Å². The summed E-state index contributed by atoms with van der Waals surface area (Å²) in [4.78, 5) is 31.4. The van der Waals surface area contributed by atoms with Crippen LogP contribution in [0, 0.1) is 11.3 Å². The van der Waals surface area contributed by atoms with E-state index in [2.05, 4.69) is 10.3 Å². The molecule has 2 amide bonds. The van der Waals surface area contributed by atoms with Gasteiger partial charge in [0.1, 0.15) is 17.6 Å². The molecule has 1 aromatic carbocycles. The van der Waals surface area contributed by atoms with E-state index in [9.17, 15) is 28.0 Å². The van der Waals surface area contributed by atoms with Crippen molar-refractivity contribution >= 4 is 23.5 Å². The van der Waals surface area contributed by atoms with Crippen molar-refractivity contribution < 1.29 is 32.2 Å². The molecule has 0 aliphatic carbocycles. The van der Waals surface area contributed by atoms with Gasteiger partial charge in [0.25, 0.3) is 0 Å². The maximum absolute atomic E-state index is 13.7. The number of amides is 2. The third-order valence-corrected chi connectivity index (χ3v) is 5.18. The molecule has 186 valence electrons. The molecule has 1 saturated heterocycles. The van der Waals surface area contributed by atoms with Crippen LogP contribution >= 0.6 is 0 Å². The van der Waals surface area contributed by atoms with Crippen LogP contribution in [0.5, 0.6) is 5.75 Å². The van der Waals surface area contributed by atoms with Crippen molar-refractivity contribution in [2.24, 2.45) is 0 Å². The van der Waals surface area contributed by atoms with Gasteiger partial charge < -0.3 is 24.6 Å². The Labute approximate surface area is 200 Å². The van der Waals surface area contributed by atoms with Gasteiger partial charge in [-0.3, -0.25) is 0 Å². The number of pyridine rings is 1. The molecule has 2 heterocycles. The van der Waals surface area contributed by atoms with Crippen LogP contribution in [0.1, 0.15) is 35.5 Å². The van der Waals surface area contributed by atoms with E-state index >= 15 is 0 Å². The molecule has 3 rings (SSSR count). The summed E-state index contributed by atoms with van der Waals surface area (Å²) in [7, 11) is 0. The van der Waals surface area contributed by atoms with Crippen LogP contribution in [-0.2, 0) is 10.9 Å². The van der Waals surface area contributed by atoms with Gasteiger partial charge in [0.2, 0.25) is 0 Å². The Morgan fingerprint density at radius 1 is 1.14 bits per heavy atom. The fraction of sp³-hybridized carbons (Fsp3) is 0.391. The van der Waals surface area contributed by atoms with Gasteiger partial charge in [0.15, 0.2) is 5.69 Å². The van der Waals surface area contributed by atoms with Crippen LogP contribution < -0.4 is 15.0 Å². The highest BCUT2D eigenvalue weighted by atomic mass is 19.4. The summed E-state index contributed by atoms with van der Waals surface area (Å²) >= 11 is 0. The Hall–Kier alpha value is -4.01. The van der Waals surface area contributed by atoms with Crippen molar-refractivity contribution in [2.75, 3.05) is 49.6 Å². The third kappa shape index (κ3) is 5.92. The first kappa shape index (κ1) is 25.6. The van der Waals surface area contributed by atoms with Crippen molar-refractivity contribution in [1.82, 2.24) is 9.88 Å². The standard InChI is InChI=1S/C23H24F3N5O4/c1-3-34-18-8-6-5-7-17(18)28-22(33)31-11-9-30(10-12-31)20-15(14-27)13-16(21(32)35-4-2)19(29-20)23(24,25)26/h5-8,13H,3-4,9-12H2,1-2H3,(H,28,33). The summed E-state index contributed by atoms with van der Waals surface area (Å²) in [5, 5.41) is 12.3. The molecular weight excluding hydrogens is 467 g/mol. The Morgan fingerprint density at radius 2 is 1.83 bits per heavy atom. The number of carbonyl (C=O) groups is 2. The number of piperazine rings is 1. The second kappa shape index (κ2) is 10.9. The van der Waals surface area contributed by atoms with Crippen molar-refractivity contribution in [1.29, 1.82) is 5.26 Å². The molecule has 0 atom stereocenters. The molecule has 1 fully saturated rings. The molecule has 2 aromatic rings. The second-order valence-corrected chi connectivity index (χ2v) is 7.42. The first-order valence-corrected chi connectivity index (χ1v) is 10.9. The fourth-order valence-electron chi connectivity index (χ4n) is 3.57. The fourth-order valence-corrected chi connectivity index (χ4v) is 3.57. The Kier molecular flexibility index (Phi) is 8.01. The van der Waals surface area contributed by atoms with Gasteiger partial charge in [-0.05, 0) is 32.0 Å². The molecule has 9 nitrogen and oxygen atoms in total. The molecule has 1 aliphatic heterocycles. The highest BCUT2D eigenvalue weighted by molar-refractivity contribution is 5.92.